The molecule has 2 saturated carbocycles. The van der Waals surface area contributed by atoms with Crippen molar-refractivity contribution in [3.8, 4) is 0 Å². The van der Waals surface area contributed by atoms with Crippen LogP contribution in [0.4, 0.5) is 0 Å². The molecule has 0 radical (unpaired) electrons. The van der Waals surface area contributed by atoms with Crippen LogP contribution in [0.2, 0.25) is 0 Å². The lowest BCUT2D eigenvalue weighted by molar-refractivity contribution is -0.286. The molecule has 0 bridgehead atoms. The van der Waals surface area contributed by atoms with Gasteiger partial charge in [0, 0.05) is 32.5 Å². The van der Waals surface area contributed by atoms with Crippen LogP contribution in [0.15, 0.2) is 20.5 Å². The van der Waals surface area contributed by atoms with Crippen molar-refractivity contribution in [2.24, 2.45) is 20.5 Å². The summed E-state index contributed by atoms with van der Waals surface area (Å²) in [4.78, 5) is 11.2. The Balaban J connectivity index is 1.66. The topological polar surface area (TPSA) is 272 Å². The van der Waals surface area contributed by atoms with E-state index < -0.39 is 66.8 Å². The van der Waals surface area contributed by atoms with Crippen molar-refractivity contribution in [3.05, 3.63) is 41.8 Å². The van der Waals surface area contributed by atoms with Gasteiger partial charge in [-0.3, -0.25) is 0 Å². The molecular weight excluding hydrogens is 480 g/mol. The third kappa shape index (κ3) is 5.09. The van der Waals surface area contributed by atoms with Crippen LogP contribution in [0, 0.1) is 0 Å². The van der Waals surface area contributed by atoms with Gasteiger partial charge in [0.1, 0.15) is 18.2 Å². The number of ether oxygens (including phenoxy) is 4. The predicted molar refractivity (Wildman–Crippen MR) is 119 cm³/mol. The van der Waals surface area contributed by atoms with Gasteiger partial charge >= 0.3 is 0 Å². The summed E-state index contributed by atoms with van der Waals surface area (Å²) < 4.78 is 24.6. The molecule has 0 aromatic heterocycles. The summed E-state index contributed by atoms with van der Waals surface area (Å²) in [5.74, 6) is -0.902. The minimum atomic E-state index is -1.60. The van der Waals surface area contributed by atoms with Crippen LogP contribution < -0.4 is 0 Å². The Hall–Kier alpha value is -3.00. The Morgan fingerprint density at radius 1 is 0.833 bits per heavy atom. The zero-order valence-corrected chi connectivity index (χ0v) is 19.1. The van der Waals surface area contributed by atoms with Gasteiger partial charge < -0.3 is 29.2 Å². The van der Waals surface area contributed by atoms with Crippen LogP contribution in [0.3, 0.4) is 0 Å². The number of rotatable bonds is 7. The SMILES string of the molecule is [N-]=[N+]=NCC1O[C@@H](O[C@H]2C(N=[N+]=[N-])C[C@@H](N=[N+]=[N-])C3OC4(CCCCC4)O[C@H]32)C(N=[N+]=[N-])[C@@H](O)[C@H]1O. The summed E-state index contributed by atoms with van der Waals surface area (Å²) in [6.07, 6.45) is -4.10. The van der Waals surface area contributed by atoms with E-state index in [2.05, 4.69) is 40.1 Å². The lowest BCUT2D eigenvalue weighted by Gasteiger charge is -2.45. The van der Waals surface area contributed by atoms with Crippen molar-refractivity contribution >= 4 is 0 Å². The van der Waals surface area contributed by atoms with Crippen molar-refractivity contribution in [3.63, 3.8) is 0 Å². The Kier molecular flexibility index (Phi) is 8.24. The molecule has 2 aliphatic carbocycles. The summed E-state index contributed by atoms with van der Waals surface area (Å²) in [5, 5.41) is 35.6. The standard InChI is InChI=1S/C18H26N12O6/c19-27-23-7-10-12(31)13(32)11(26-30-22)17(33-10)34-14-8(24-28-20)6-9(25-29-21)15-16(14)36-18(35-15)4-2-1-3-5-18/h8-17,31-32H,1-7H2/t8?,9-,10?,11?,12+,13-,14+,15?,16+,17+/m1/s1. The van der Waals surface area contributed by atoms with Crippen molar-refractivity contribution in [1.29, 1.82) is 0 Å². The highest BCUT2D eigenvalue weighted by molar-refractivity contribution is 5.07. The maximum Gasteiger partial charge on any atom is 0.169 e. The Morgan fingerprint density at radius 2 is 1.50 bits per heavy atom. The first kappa shape index (κ1) is 26.1. The summed E-state index contributed by atoms with van der Waals surface area (Å²) >= 11 is 0. The average molecular weight is 506 g/mol. The van der Waals surface area contributed by atoms with Gasteiger partial charge in [-0.25, -0.2) is 0 Å². The van der Waals surface area contributed by atoms with E-state index in [1.807, 2.05) is 0 Å². The molecule has 0 aromatic carbocycles. The Labute approximate surface area is 203 Å². The van der Waals surface area contributed by atoms with Gasteiger partial charge in [-0.15, -0.1) is 0 Å². The van der Waals surface area contributed by atoms with Gasteiger partial charge in [0.25, 0.3) is 0 Å². The lowest BCUT2D eigenvalue weighted by Crippen LogP contribution is -2.62. The highest BCUT2D eigenvalue weighted by atomic mass is 16.8. The fraction of sp³-hybridized carbons (Fsp3) is 1.00. The molecule has 36 heavy (non-hydrogen) atoms. The number of nitrogens with zero attached hydrogens (tertiary/aromatic N) is 12. The molecule has 2 heterocycles. The van der Waals surface area contributed by atoms with Crippen LogP contribution in [0.5, 0.6) is 0 Å². The number of hydrogen-bond acceptors (Lipinski definition) is 10. The molecule has 2 saturated heterocycles. The van der Waals surface area contributed by atoms with E-state index in [1.54, 1.807) is 0 Å². The lowest BCUT2D eigenvalue weighted by atomic mass is 9.84. The second-order valence-corrected chi connectivity index (χ2v) is 9.15. The molecule has 1 spiro atoms. The van der Waals surface area contributed by atoms with Crippen molar-refractivity contribution < 1.29 is 29.2 Å². The second kappa shape index (κ2) is 11.4. The third-order valence-corrected chi connectivity index (χ3v) is 7.08. The van der Waals surface area contributed by atoms with Crippen LogP contribution in [-0.2, 0) is 18.9 Å². The van der Waals surface area contributed by atoms with E-state index in [0.29, 0.717) is 12.8 Å². The highest BCUT2D eigenvalue weighted by Gasteiger charge is 2.58. The minimum absolute atomic E-state index is 0.0889. The van der Waals surface area contributed by atoms with E-state index >= 15 is 0 Å². The van der Waals surface area contributed by atoms with Crippen LogP contribution in [0.1, 0.15) is 38.5 Å². The largest absolute Gasteiger partial charge is 0.390 e. The monoisotopic (exact) mass is 506 g/mol. The van der Waals surface area contributed by atoms with Gasteiger partial charge in [-0.1, -0.05) is 26.9 Å². The fourth-order valence-corrected chi connectivity index (χ4v) is 5.43. The molecule has 2 N–H and O–H groups in total. The molecule has 2 aliphatic heterocycles. The minimum Gasteiger partial charge on any atom is -0.390 e. The van der Waals surface area contributed by atoms with Gasteiger partial charge in [0.05, 0.1) is 43.0 Å². The zero-order valence-electron chi connectivity index (χ0n) is 19.1. The molecule has 4 rings (SSSR count). The maximum absolute atomic E-state index is 10.6. The number of aliphatic hydroxyl groups excluding tert-OH is 2. The molecule has 4 aliphatic rings. The quantitative estimate of drug-likeness (QED) is 0.297. The van der Waals surface area contributed by atoms with E-state index in [0.717, 1.165) is 19.3 Å². The zero-order chi connectivity index (χ0) is 25.7. The van der Waals surface area contributed by atoms with E-state index in [1.165, 1.54) is 0 Å². The fourth-order valence-electron chi connectivity index (χ4n) is 5.43. The van der Waals surface area contributed by atoms with Crippen LogP contribution in [-0.4, -0.2) is 83.6 Å². The predicted octanol–water partition coefficient (Wildman–Crippen LogP) is 3.01. The number of fused-ring (bicyclic) bond motifs is 1. The van der Waals surface area contributed by atoms with Gasteiger partial charge in [-0.2, -0.15) is 0 Å². The number of hydrogen-bond donors (Lipinski definition) is 2. The van der Waals surface area contributed by atoms with Crippen LogP contribution >= 0.6 is 0 Å². The number of aliphatic hydroxyl groups is 2. The first-order chi connectivity index (χ1) is 17.5. The molecule has 194 valence electrons. The van der Waals surface area contributed by atoms with E-state index in [-0.39, 0.29) is 13.0 Å². The maximum atomic E-state index is 10.6. The van der Waals surface area contributed by atoms with Gasteiger partial charge in [0.15, 0.2) is 12.1 Å². The van der Waals surface area contributed by atoms with Crippen LogP contribution in [0.25, 0.3) is 41.8 Å². The number of azide groups is 4. The molecule has 0 aromatic rings. The Morgan fingerprint density at radius 3 is 2.17 bits per heavy atom. The highest BCUT2D eigenvalue weighted by Crippen LogP contribution is 2.47. The van der Waals surface area contributed by atoms with E-state index in [4.69, 9.17) is 35.5 Å². The third-order valence-electron chi connectivity index (χ3n) is 7.08. The molecule has 10 atom stereocenters. The summed E-state index contributed by atoms with van der Waals surface area (Å²) in [6, 6.07) is -2.95. The summed E-state index contributed by atoms with van der Waals surface area (Å²) in [5.41, 5.74) is 36.0. The van der Waals surface area contributed by atoms with Crippen molar-refractivity contribution in [2.45, 2.75) is 105 Å². The van der Waals surface area contributed by atoms with Gasteiger partial charge in [0.2, 0.25) is 0 Å². The molecular formula is C18H26N12O6. The van der Waals surface area contributed by atoms with Crippen molar-refractivity contribution in [1.82, 2.24) is 0 Å². The first-order valence-electron chi connectivity index (χ1n) is 11.6. The molecule has 0 amide bonds. The molecule has 18 heteroatoms. The summed E-state index contributed by atoms with van der Waals surface area (Å²) in [6.45, 7) is -0.324. The molecule has 4 fully saturated rings. The normalized spacial score (nSPS) is 41.1. The molecule has 18 nitrogen and oxygen atoms in total. The average Bonchev–Trinajstić information content (AvgIpc) is 3.24. The van der Waals surface area contributed by atoms with Crippen molar-refractivity contribution in [2.75, 3.05) is 6.54 Å². The summed E-state index contributed by atoms with van der Waals surface area (Å²) in [7, 11) is 0. The van der Waals surface area contributed by atoms with E-state index in [9.17, 15) is 15.7 Å². The molecule has 4 unspecified atom stereocenters. The Bertz CT molecular complexity index is 999. The smallest absolute Gasteiger partial charge is 0.169 e. The first-order valence-corrected chi connectivity index (χ1v) is 11.6. The van der Waals surface area contributed by atoms with Gasteiger partial charge in [-0.05, 0) is 41.4 Å². The second-order valence-electron chi connectivity index (χ2n) is 9.15.